The lowest BCUT2D eigenvalue weighted by atomic mass is 10.2. The van der Waals surface area contributed by atoms with Gasteiger partial charge < -0.3 is 4.57 Å². The van der Waals surface area contributed by atoms with Crippen LogP contribution in [0.2, 0.25) is 5.15 Å². The van der Waals surface area contributed by atoms with Gasteiger partial charge in [0.05, 0.1) is 17.5 Å². The lowest BCUT2D eigenvalue weighted by molar-refractivity contribution is -0.387. The summed E-state index contributed by atoms with van der Waals surface area (Å²) >= 11 is 7.24. The molecule has 2 rings (SSSR count). The van der Waals surface area contributed by atoms with Crippen molar-refractivity contribution in [3.63, 3.8) is 0 Å². The number of aromatic nitrogens is 2. The van der Waals surface area contributed by atoms with Gasteiger partial charge in [0.15, 0.2) is 5.03 Å². The average Bonchev–Trinajstić information content (AvgIpc) is 2.98. The van der Waals surface area contributed by atoms with Crippen LogP contribution in [0.15, 0.2) is 35.6 Å². The minimum absolute atomic E-state index is 0.126. The molecule has 0 fully saturated rings. The lowest BCUT2D eigenvalue weighted by Crippen LogP contribution is -2.27. The van der Waals surface area contributed by atoms with E-state index in [1.807, 2.05) is 22.5 Å². The Morgan fingerprint density at radius 3 is 2.88 bits per heavy atom. The third-order valence-electron chi connectivity index (χ3n) is 3.52. The molecule has 25 heavy (non-hydrogen) atoms. The summed E-state index contributed by atoms with van der Waals surface area (Å²) in [4.78, 5) is 16.8. The fraction of sp³-hybridized carbons (Fsp3) is 0.375. The van der Waals surface area contributed by atoms with Crippen molar-refractivity contribution in [2.45, 2.75) is 25.0 Å². The predicted octanol–water partition coefficient (Wildman–Crippen LogP) is 3.58. The molecule has 132 valence electrons. The number of pyridine rings is 1. The molecule has 0 aliphatic rings. The van der Waals surface area contributed by atoms with Gasteiger partial charge in [0.25, 0.3) is 0 Å². The van der Waals surface area contributed by atoms with Crippen LogP contribution in [0, 0.1) is 21.4 Å². The number of halogens is 1. The van der Waals surface area contributed by atoms with Crippen LogP contribution >= 0.6 is 23.4 Å². The number of nitrogens with zero attached hydrogens (tertiary/aromatic N) is 5. The summed E-state index contributed by atoms with van der Waals surface area (Å²) < 4.78 is 1.87. The molecule has 0 unspecified atom stereocenters. The molecule has 7 nitrogen and oxygen atoms in total. The van der Waals surface area contributed by atoms with Crippen molar-refractivity contribution in [1.82, 2.24) is 14.5 Å². The van der Waals surface area contributed by atoms with Gasteiger partial charge in [0.2, 0.25) is 0 Å². The SMILES string of the molecule is CCSc1c([N+](=O)[O-])ccn1CCN(CC#N)Cc1ccc(Cl)nc1. The van der Waals surface area contributed by atoms with E-state index in [9.17, 15) is 10.1 Å². The predicted molar refractivity (Wildman–Crippen MR) is 97.6 cm³/mol. The fourth-order valence-corrected chi connectivity index (χ4v) is 3.37. The van der Waals surface area contributed by atoms with Crippen LogP contribution in [0.25, 0.3) is 0 Å². The van der Waals surface area contributed by atoms with Gasteiger partial charge in [0, 0.05) is 38.1 Å². The highest BCUT2D eigenvalue weighted by molar-refractivity contribution is 7.99. The zero-order valence-corrected chi connectivity index (χ0v) is 15.3. The Bertz CT molecular complexity index is 757. The van der Waals surface area contributed by atoms with E-state index in [1.54, 1.807) is 18.5 Å². The van der Waals surface area contributed by atoms with E-state index in [4.69, 9.17) is 16.9 Å². The zero-order valence-electron chi connectivity index (χ0n) is 13.8. The van der Waals surface area contributed by atoms with Crippen LogP contribution in [0.5, 0.6) is 0 Å². The monoisotopic (exact) mass is 379 g/mol. The first-order valence-corrected chi connectivity index (χ1v) is 9.07. The molecule has 0 amide bonds. The Kier molecular flexibility index (Phi) is 7.25. The highest BCUT2D eigenvalue weighted by Gasteiger charge is 2.19. The Morgan fingerprint density at radius 2 is 2.28 bits per heavy atom. The molecule has 0 saturated heterocycles. The van der Waals surface area contributed by atoms with Gasteiger partial charge >= 0.3 is 5.69 Å². The Balaban J connectivity index is 2.07. The van der Waals surface area contributed by atoms with Crippen LogP contribution in [0.1, 0.15) is 12.5 Å². The van der Waals surface area contributed by atoms with E-state index >= 15 is 0 Å². The lowest BCUT2D eigenvalue weighted by Gasteiger charge is -2.20. The highest BCUT2D eigenvalue weighted by Crippen LogP contribution is 2.30. The first kappa shape index (κ1) is 19.2. The van der Waals surface area contributed by atoms with Gasteiger partial charge in [-0.25, -0.2) is 4.98 Å². The second-order valence-corrected chi connectivity index (χ2v) is 6.89. The molecule has 0 spiro atoms. The van der Waals surface area contributed by atoms with Crippen LogP contribution < -0.4 is 0 Å². The van der Waals surface area contributed by atoms with E-state index in [1.165, 1.54) is 17.8 Å². The molecule has 0 bridgehead atoms. The molecule has 2 aromatic rings. The fourth-order valence-electron chi connectivity index (χ4n) is 2.38. The summed E-state index contributed by atoms with van der Waals surface area (Å²) in [6, 6.07) is 7.27. The first-order chi connectivity index (χ1) is 12.0. The molecule has 0 N–H and O–H groups in total. The Hall–Kier alpha value is -2.08. The van der Waals surface area contributed by atoms with E-state index in [-0.39, 0.29) is 17.2 Å². The second kappa shape index (κ2) is 9.42. The molecule has 0 radical (unpaired) electrons. The van der Waals surface area contributed by atoms with Gasteiger partial charge in [-0.05, 0) is 17.4 Å². The van der Waals surface area contributed by atoms with Gasteiger partial charge in [0.1, 0.15) is 5.15 Å². The molecule has 2 heterocycles. The molecule has 0 aliphatic heterocycles. The van der Waals surface area contributed by atoms with E-state index in [2.05, 4.69) is 11.1 Å². The number of thioether (sulfide) groups is 1. The van der Waals surface area contributed by atoms with Crippen LogP contribution in [0.3, 0.4) is 0 Å². The summed E-state index contributed by atoms with van der Waals surface area (Å²) in [6.07, 6.45) is 3.41. The van der Waals surface area contributed by atoms with Gasteiger partial charge in [-0.1, -0.05) is 24.6 Å². The molecular weight excluding hydrogens is 362 g/mol. The standard InChI is InChI=1S/C16H18ClN5O2S/c1-2-25-16-14(22(23)24)5-7-21(16)10-9-20(8-6-18)12-13-3-4-15(17)19-11-13/h3-5,7,11H,2,8-10,12H2,1H3. The summed E-state index contributed by atoms with van der Waals surface area (Å²) in [7, 11) is 0. The van der Waals surface area contributed by atoms with Crippen molar-refractivity contribution < 1.29 is 4.92 Å². The normalized spacial score (nSPS) is 10.8. The van der Waals surface area contributed by atoms with Gasteiger partial charge in [-0.2, -0.15) is 5.26 Å². The maximum absolute atomic E-state index is 11.1. The molecule has 2 aromatic heterocycles. The average molecular weight is 380 g/mol. The first-order valence-electron chi connectivity index (χ1n) is 7.71. The third kappa shape index (κ3) is 5.46. The number of nitriles is 1. The minimum atomic E-state index is -0.360. The summed E-state index contributed by atoms with van der Waals surface area (Å²) in [5.74, 6) is 0.753. The quantitative estimate of drug-likeness (QED) is 0.217. The Morgan fingerprint density at radius 1 is 1.48 bits per heavy atom. The summed E-state index contributed by atoms with van der Waals surface area (Å²) in [5, 5.41) is 21.2. The molecule has 0 saturated carbocycles. The molecular formula is C16H18ClN5O2S. The summed E-state index contributed by atoms with van der Waals surface area (Å²) in [5.41, 5.74) is 1.09. The van der Waals surface area contributed by atoms with Crippen molar-refractivity contribution >= 4 is 29.1 Å². The zero-order chi connectivity index (χ0) is 18.2. The Labute approximate surface area is 155 Å². The molecule has 9 heteroatoms. The number of hydrogen-bond donors (Lipinski definition) is 0. The van der Waals surface area contributed by atoms with E-state index < -0.39 is 0 Å². The topological polar surface area (TPSA) is 88.0 Å². The number of nitro groups is 1. The maximum atomic E-state index is 11.1. The van der Waals surface area contributed by atoms with E-state index in [0.717, 1.165) is 11.3 Å². The van der Waals surface area contributed by atoms with Crippen molar-refractivity contribution in [2.24, 2.45) is 0 Å². The maximum Gasteiger partial charge on any atom is 0.300 e. The highest BCUT2D eigenvalue weighted by atomic mass is 35.5. The minimum Gasteiger partial charge on any atom is -0.336 e. The van der Waals surface area contributed by atoms with Crippen LogP contribution in [-0.2, 0) is 13.1 Å². The third-order valence-corrected chi connectivity index (χ3v) is 4.75. The number of rotatable bonds is 9. The number of hydrogen-bond acceptors (Lipinski definition) is 6. The van der Waals surface area contributed by atoms with Crippen molar-refractivity contribution in [3.05, 3.63) is 51.4 Å². The molecule has 0 aliphatic carbocycles. The van der Waals surface area contributed by atoms with E-state index in [0.29, 0.717) is 29.8 Å². The van der Waals surface area contributed by atoms with Crippen molar-refractivity contribution in [1.29, 1.82) is 5.26 Å². The van der Waals surface area contributed by atoms with Gasteiger partial charge in [-0.3, -0.25) is 15.0 Å². The second-order valence-electron chi connectivity index (χ2n) is 5.25. The molecule has 0 atom stereocenters. The molecule has 0 aromatic carbocycles. The van der Waals surface area contributed by atoms with Gasteiger partial charge in [-0.15, -0.1) is 11.8 Å². The van der Waals surface area contributed by atoms with Crippen LogP contribution in [-0.4, -0.2) is 38.2 Å². The van der Waals surface area contributed by atoms with Crippen molar-refractivity contribution in [3.8, 4) is 6.07 Å². The smallest absolute Gasteiger partial charge is 0.300 e. The van der Waals surface area contributed by atoms with Crippen LogP contribution in [0.4, 0.5) is 5.69 Å². The van der Waals surface area contributed by atoms with Crippen molar-refractivity contribution in [2.75, 3.05) is 18.8 Å². The largest absolute Gasteiger partial charge is 0.336 e. The summed E-state index contributed by atoms with van der Waals surface area (Å²) in [6.45, 7) is 3.96.